The van der Waals surface area contributed by atoms with Crippen LogP contribution in [0.2, 0.25) is 5.02 Å². The van der Waals surface area contributed by atoms with Crippen molar-refractivity contribution in [3.63, 3.8) is 0 Å². The molecular weight excluding hydrogens is 396 g/mol. The smallest absolute Gasteiger partial charge is 0.175 e. The van der Waals surface area contributed by atoms with E-state index in [9.17, 15) is 8.42 Å². The molecule has 28 heavy (non-hydrogen) atoms. The summed E-state index contributed by atoms with van der Waals surface area (Å²) in [6, 6.07) is 14.4. The fourth-order valence-electron chi connectivity index (χ4n) is 3.00. The average Bonchev–Trinajstić information content (AvgIpc) is 2.67. The second-order valence-corrected chi connectivity index (χ2v) is 9.21. The summed E-state index contributed by atoms with van der Waals surface area (Å²) >= 11 is 6.40. The normalized spacial score (nSPS) is 11.9. The average molecular weight is 419 g/mol. The van der Waals surface area contributed by atoms with Gasteiger partial charge in [-0.15, -0.1) is 0 Å². The van der Waals surface area contributed by atoms with Crippen LogP contribution in [0.5, 0.6) is 5.75 Å². The molecule has 7 heteroatoms. The predicted molar refractivity (Wildman–Crippen MR) is 113 cm³/mol. The van der Waals surface area contributed by atoms with E-state index in [1.54, 1.807) is 30.5 Å². The van der Waals surface area contributed by atoms with Gasteiger partial charge in [0.05, 0.1) is 17.0 Å². The Morgan fingerprint density at radius 3 is 2.75 bits per heavy atom. The molecule has 0 fully saturated rings. The van der Waals surface area contributed by atoms with Gasteiger partial charge < -0.3 is 9.64 Å². The number of hydrogen-bond donors (Lipinski definition) is 0. The fraction of sp³-hybridized carbons (Fsp3) is 0.286. The number of ether oxygens (including phenoxy) is 1. The van der Waals surface area contributed by atoms with Gasteiger partial charge in [0.25, 0.3) is 0 Å². The highest BCUT2D eigenvalue weighted by atomic mass is 35.5. The molecule has 5 nitrogen and oxygen atoms in total. The van der Waals surface area contributed by atoms with Crippen LogP contribution in [0.15, 0.2) is 59.6 Å². The first-order valence-corrected chi connectivity index (χ1v) is 11.2. The number of sulfone groups is 1. The summed E-state index contributed by atoms with van der Waals surface area (Å²) in [4.78, 5) is 6.91. The van der Waals surface area contributed by atoms with Gasteiger partial charge in [-0.2, -0.15) is 0 Å². The van der Waals surface area contributed by atoms with Crippen molar-refractivity contribution in [1.29, 1.82) is 0 Å². The lowest BCUT2D eigenvalue weighted by atomic mass is 10.1. The van der Waals surface area contributed by atoms with E-state index >= 15 is 0 Å². The molecule has 3 rings (SSSR count). The maximum atomic E-state index is 11.6. The van der Waals surface area contributed by atoms with Crippen LogP contribution >= 0.6 is 11.6 Å². The molecule has 3 aromatic rings. The highest BCUT2D eigenvalue weighted by molar-refractivity contribution is 7.90. The van der Waals surface area contributed by atoms with Crippen molar-refractivity contribution in [1.82, 2.24) is 9.88 Å². The number of nitrogens with zero attached hydrogens (tertiary/aromatic N) is 2. The van der Waals surface area contributed by atoms with Gasteiger partial charge in [-0.1, -0.05) is 29.8 Å². The first kappa shape index (κ1) is 20.6. The Labute approximate surface area is 170 Å². The lowest BCUT2D eigenvalue weighted by Crippen LogP contribution is -2.21. The zero-order chi connectivity index (χ0) is 20.1. The molecule has 2 aromatic carbocycles. The Morgan fingerprint density at radius 2 is 1.96 bits per heavy atom. The largest absolute Gasteiger partial charge is 0.494 e. The van der Waals surface area contributed by atoms with Crippen LogP contribution in [0.3, 0.4) is 0 Å². The summed E-state index contributed by atoms with van der Waals surface area (Å²) in [5.41, 5.74) is 1.94. The number of hydrogen-bond acceptors (Lipinski definition) is 5. The Morgan fingerprint density at radius 1 is 1.14 bits per heavy atom. The van der Waals surface area contributed by atoms with Crippen LogP contribution < -0.4 is 4.74 Å². The minimum absolute atomic E-state index is 0.264. The van der Waals surface area contributed by atoms with Crippen molar-refractivity contribution in [2.45, 2.75) is 17.9 Å². The molecule has 0 unspecified atom stereocenters. The molecule has 0 spiro atoms. The Kier molecular flexibility index (Phi) is 6.54. The van der Waals surface area contributed by atoms with E-state index in [4.69, 9.17) is 16.3 Å². The van der Waals surface area contributed by atoms with E-state index in [1.165, 1.54) is 6.26 Å². The topological polar surface area (TPSA) is 59.5 Å². The van der Waals surface area contributed by atoms with Crippen LogP contribution in [-0.2, 0) is 16.4 Å². The molecule has 0 aliphatic carbocycles. The van der Waals surface area contributed by atoms with Crippen molar-refractivity contribution < 1.29 is 13.2 Å². The van der Waals surface area contributed by atoms with Crippen molar-refractivity contribution in [3.05, 3.63) is 65.3 Å². The third kappa shape index (κ3) is 5.22. The van der Waals surface area contributed by atoms with E-state index in [-0.39, 0.29) is 4.90 Å². The van der Waals surface area contributed by atoms with Gasteiger partial charge in [-0.3, -0.25) is 4.98 Å². The van der Waals surface area contributed by atoms with E-state index in [2.05, 4.69) is 9.88 Å². The molecular formula is C21H23ClN2O3S. The maximum absolute atomic E-state index is 11.6. The summed E-state index contributed by atoms with van der Waals surface area (Å²) in [6.45, 7) is 2.00. The van der Waals surface area contributed by atoms with E-state index in [0.717, 1.165) is 29.4 Å². The van der Waals surface area contributed by atoms with Gasteiger partial charge in [-0.05, 0) is 43.8 Å². The fourth-order valence-corrected chi connectivity index (χ4v) is 3.87. The second-order valence-electron chi connectivity index (χ2n) is 6.79. The first-order valence-electron chi connectivity index (χ1n) is 8.98. The number of aromatic nitrogens is 1. The van der Waals surface area contributed by atoms with Crippen LogP contribution in [0.25, 0.3) is 10.9 Å². The summed E-state index contributed by atoms with van der Waals surface area (Å²) in [7, 11) is -1.20. The summed E-state index contributed by atoms with van der Waals surface area (Å²) in [5.74, 6) is 0.562. The quantitative estimate of drug-likeness (QED) is 0.513. The second kappa shape index (κ2) is 8.90. The SMILES string of the molecule is CN(CCCOc1cccc(S(C)(=O)=O)c1)Cc1c(Cl)ccc2cccnc12. The molecule has 148 valence electrons. The van der Waals surface area contributed by atoms with Crippen LogP contribution in [-0.4, -0.2) is 44.8 Å². The summed E-state index contributed by atoms with van der Waals surface area (Å²) in [6.07, 6.45) is 3.77. The van der Waals surface area contributed by atoms with Crippen molar-refractivity contribution >= 4 is 32.3 Å². The zero-order valence-electron chi connectivity index (χ0n) is 15.9. The number of rotatable bonds is 8. The highest BCUT2D eigenvalue weighted by Gasteiger charge is 2.11. The van der Waals surface area contributed by atoms with Gasteiger partial charge in [0.15, 0.2) is 9.84 Å². The molecule has 0 N–H and O–H groups in total. The minimum atomic E-state index is -3.23. The minimum Gasteiger partial charge on any atom is -0.494 e. The number of benzene rings is 2. The zero-order valence-corrected chi connectivity index (χ0v) is 17.5. The molecule has 0 radical (unpaired) electrons. The van der Waals surface area contributed by atoms with Crippen molar-refractivity contribution in [2.75, 3.05) is 26.5 Å². The maximum Gasteiger partial charge on any atom is 0.175 e. The molecule has 0 bridgehead atoms. The van der Waals surface area contributed by atoms with Gasteiger partial charge in [0, 0.05) is 41.5 Å². The van der Waals surface area contributed by atoms with Crippen LogP contribution in [0, 0.1) is 0 Å². The number of pyridine rings is 1. The van der Waals surface area contributed by atoms with Crippen molar-refractivity contribution in [2.24, 2.45) is 0 Å². The van der Waals surface area contributed by atoms with Gasteiger partial charge in [0.2, 0.25) is 0 Å². The lowest BCUT2D eigenvalue weighted by Gasteiger charge is -2.18. The third-order valence-corrected chi connectivity index (χ3v) is 5.90. The molecule has 0 aliphatic heterocycles. The molecule has 0 amide bonds. The van der Waals surface area contributed by atoms with Crippen LogP contribution in [0.4, 0.5) is 0 Å². The van der Waals surface area contributed by atoms with E-state index < -0.39 is 9.84 Å². The Hall–Kier alpha value is -2.15. The van der Waals surface area contributed by atoms with Gasteiger partial charge in [-0.25, -0.2) is 8.42 Å². The number of halogens is 1. The highest BCUT2D eigenvalue weighted by Crippen LogP contribution is 2.25. The summed E-state index contributed by atoms with van der Waals surface area (Å²) in [5, 5.41) is 1.79. The number of fused-ring (bicyclic) bond motifs is 1. The molecule has 0 saturated heterocycles. The standard InChI is InChI=1S/C21H23ClN2O3S/c1-24(15-19-20(22)10-9-16-6-4-11-23-21(16)19)12-5-13-27-17-7-3-8-18(14-17)28(2,25)26/h3-4,6-11,14H,5,12-13,15H2,1-2H3. The van der Waals surface area contributed by atoms with Gasteiger partial charge in [0.1, 0.15) is 5.75 Å². The molecule has 1 heterocycles. The van der Waals surface area contributed by atoms with Gasteiger partial charge >= 0.3 is 0 Å². The third-order valence-electron chi connectivity index (χ3n) is 4.44. The summed E-state index contributed by atoms with van der Waals surface area (Å²) < 4.78 is 28.9. The Balaban J connectivity index is 1.55. The van der Waals surface area contributed by atoms with Crippen LogP contribution in [0.1, 0.15) is 12.0 Å². The molecule has 0 aliphatic rings. The molecule has 0 atom stereocenters. The first-order chi connectivity index (χ1) is 13.3. The van der Waals surface area contributed by atoms with Crippen molar-refractivity contribution in [3.8, 4) is 5.75 Å². The lowest BCUT2D eigenvalue weighted by molar-refractivity contribution is 0.259. The Bertz CT molecular complexity index is 1070. The monoisotopic (exact) mass is 418 g/mol. The van der Waals surface area contributed by atoms with E-state index in [1.807, 2.05) is 31.3 Å². The molecule has 0 saturated carbocycles. The van der Waals surface area contributed by atoms with E-state index in [0.29, 0.717) is 23.9 Å². The molecule has 1 aromatic heterocycles. The predicted octanol–water partition coefficient (Wildman–Crippen LogP) is 4.19.